The van der Waals surface area contributed by atoms with E-state index in [1.807, 2.05) is 91.0 Å². The molecule has 1 radical (unpaired) electrons. The van der Waals surface area contributed by atoms with Crippen molar-refractivity contribution in [3.63, 3.8) is 0 Å². The molecule has 10 aromatic rings. The van der Waals surface area contributed by atoms with E-state index in [9.17, 15) is 13.0 Å². The van der Waals surface area contributed by atoms with Crippen LogP contribution in [0.4, 0.5) is 11.6 Å². The first-order valence-corrected chi connectivity index (χ1v) is 30.2. The Hall–Kier alpha value is -5.01. The summed E-state index contributed by atoms with van der Waals surface area (Å²) < 4.78 is 58.3. The van der Waals surface area contributed by atoms with Crippen LogP contribution in [0.1, 0.15) is 51.8 Å². The van der Waals surface area contributed by atoms with Crippen LogP contribution in [0.25, 0.3) is 64.6 Å². The first kappa shape index (κ1) is 56.8. The molecule has 2 aromatic heterocycles. The number of thiol groups is 2. The van der Waals surface area contributed by atoms with E-state index in [2.05, 4.69) is 28.9 Å². The predicted molar refractivity (Wildman–Crippen MR) is 311 cm³/mol. The van der Waals surface area contributed by atoms with Gasteiger partial charge in [-0.3, -0.25) is 0 Å². The molecule has 0 aliphatic carbocycles. The second-order valence-corrected chi connectivity index (χ2v) is 25.2. The summed E-state index contributed by atoms with van der Waals surface area (Å²) in [6.45, 7) is 4.37. The van der Waals surface area contributed by atoms with Crippen molar-refractivity contribution in [3.05, 3.63) is 142 Å². The topological polar surface area (TPSA) is 227 Å². The number of hydrogen-bond donors (Lipinski definition) is 4. The van der Waals surface area contributed by atoms with Gasteiger partial charge < -0.3 is 8.33 Å². The smallest absolute Gasteiger partial charge is 1.00 e. The van der Waals surface area contributed by atoms with Crippen molar-refractivity contribution in [1.29, 1.82) is 0 Å². The SMILES string of the molecule is CC#CCOc1c2ccccc2c(OCCCC)c2c3[n]4c(c12)=NC1=NC(=Nc2c5c(S)c6ccccc6c(S)c5c([n]2[In]4)N=C2N=C(N=3)c3cc4cc(S(=O)(=O)O)ccc4cc32)c2cc3cc(SOOO)ccc3cc21.O.[H-].[H-].[Na+].[Na+]. The Morgan fingerprint density at radius 2 is 1.14 bits per heavy atom. The number of rotatable bonds is 10. The first-order chi connectivity index (χ1) is 37.5. The Morgan fingerprint density at radius 3 is 1.66 bits per heavy atom. The third-order valence-corrected chi connectivity index (χ3v) is 20.6. The molecule has 6 bridgehead atoms. The average Bonchev–Trinajstić information content (AvgIpc) is 3.28. The monoisotopic (exact) mass is 1260 g/mol. The molecule has 14 rings (SSSR count). The Balaban J connectivity index is 0.00000162. The van der Waals surface area contributed by atoms with E-state index in [-0.39, 0.29) is 78.9 Å². The molecule has 0 atom stereocenters. The van der Waals surface area contributed by atoms with Gasteiger partial charge >= 0.3 is 522 Å². The van der Waals surface area contributed by atoms with Gasteiger partial charge in [-0.2, -0.15) is 0 Å². The molecule has 17 nitrogen and oxygen atoms in total. The zero-order chi connectivity index (χ0) is 52.4. The Morgan fingerprint density at radius 1 is 0.637 bits per heavy atom. The first-order valence-electron chi connectivity index (χ1n) is 24.2. The quantitative estimate of drug-likeness (QED) is 0.0223. The molecule has 80 heavy (non-hydrogen) atoms. The van der Waals surface area contributed by atoms with E-state index in [0.717, 1.165) is 68.3 Å². The van der Waals surface area contributed by atoms with Gasteiger partial charge in [-0.1, -0.05) is 0 Å². The van der Waals surface area contributed by atoms with Crippen molar-refractivity contribution in [1.82, 2.24) is 5.11 Å². The molecule has 0 saturated carbocycles. The second kappa shape index (κ2) is 22.3. The molecule has 387 valence electrons. The number of fused-ring (bicyclic) bond motifs is 18. The minimum Gasteiger partial charge on any atom is -1.00 e. The van der Waals surface area contributed by atoms with E-state index in [1.54, 1.807) is 13.0 Å². The third kappa shape index (κ3) is 9.18. The molecular weight excluding hydrogens is 1220 g/mol. The largest absolute Gasteiger partial charge is 1.00 e. The number of amidine groups is 4. The molecule has 0 amide bonds. The summed E-state index contributed by atoms with van der Waals surface area (Å²) >= 11 is 8.81. The van der Waals surface area contributed by atoms with Gasteiger partial charge in [0, 0.05) is 0 Å². The van der Waals surface area contributed by atoms with Crippen LogP contribution in [0, 0.1) is 11.8 Å². The van der Waals surface area contributed by atoms with Gasteiger partial charge in [0.25, 0.3) is 0 Å². The number of hydrogen-bond acceptors (Lipinski definition) is 16. The number of unbranched alkanes of at least 4 members (excludes halogenated alkanes) is 1. The fourth-order valence-electron chi connectivity index (χ4n) is 10.6. The molecular formula is C56H40InN8Na2O9S4. The standard InChI is InChI=1S/C56H36N8O8S4.In.2Na.H2O.2H/c1-3-5-19-69-45-33-11-7-8-12-34(33)46(70-20-6-4-2)42-41(45)53-59-49-37-23-27-15-17-31(75-72-71-65)21-29(27)25-39(37)52(57-49)62-56-44-43(47(73)35-13-9-10-14-36(35)48(44)74)55(64-56)61-50-38-24-28-16-18-32(76(66,67)68)22-30(28)26-40(38)51(58-50)60-54(42)63-53;;;;;;/h7-18,21-26H,4,6,19-20H2,1-2H3,(H4-2,57,58,59,60,61,62,63,64,65,66,67,68,73,74);;;;1H2;;/q-2;+2;2*+1;;2*-1. The van der Waals surface area contributed by atoms with Gasteiger partial charge in [0.15, 0.2) is 0 Å². The van der Waals surface area contributed by atoms with Crippen molar-refractivity contribution in [2.75, 3.05) is 13.2 Å². The van der Waals surface area contributed by atoms with Crippen LogP contribution in [0.2, 0.25) is 0 Å². The number of benzene rings is 8. The van der Waals surface area contributed by atoms with Gasteiger partial charge in [-0.25, -0.2) is 5.26 Å². The van der Waals surface area contributed by atoms with Gasteiger partial charge in [-0.05, 0) is 0 Å². The van der Waals surface area contributed by atoms with Crippen LogP contribution in [0.3, 0.4) is 0 Å². The molecule has 4 aliphatic rings. The molecule has 0 unspecified atom stereocenters. The average molecular weight is 1260 g/mol. The predicted octanol–water partition coefficient (Wildman–Crippen LogP) is 4.32. The Labute approximate surface area is 529 Å². The maximum atomic E-state index is 12.5. The second-order valence-electron chi connectivity index (χ2n) is 18.5. The van der Waals surface area contributed by atoms with Gasteiger partial charge in [-0.15, -0.1) is 0 Å². The summed E-state index contributed by atoms with van der Waals surface area (Å²) in [6, 6.07) is 34.0. The van der Waals surface area contributed by atoms with E-state index >= 15 is 0 Å². The summed E-state index contributed by atoms with van der Waals surface area (Å²) in [7, 11) is -4.54. The fraction of sp³-hybridized carbons (Fsp3) is 0.107. The molecule has 0 fully saturated rings. The van der Waals surface area contributed by atoms with Crippen LogP contribution in [0.5, 0.6) is 11.5 Å². The zero-order valence-electron chi connectivity index (χ0n) is 44.9. The molecule has 6 heterocycles. The van der Waals surface area contributed by atoms with Gasteiger partial charge in [0.05, 0.1) is 0 Å². The number of aliphatic imine (C=N–C) groups is 4. The number of aromatic nitrogens is 2. The minimum atomic E-state index is -4.54. The summed E-state index contributed by atoms with van der Waals surface area (Å²) in [6.07, 6.45) is 1.67. The Bertz CT molecular complexity index is 4860. The van der Waals surface area contributed by atoms with E-state index in [1.165, 1.54) is 12.1 Å². The van der Waals surface area contributed by atoms with Crippen LogP contribution in [0.15, 0.2) is 159 Å². The molecule has 4 aliphatic heterocycles. The zero-order valence-corrected chi connectivity index (χ0v) is 53.6. The van der Waals surface area contributed by atoms with Crippen molar-refractivity contribution in [2.45, 2.75) is 46.3 Å². The maximum Gasteiger partial charge on any atom is 1.00 e. The van der Waals surface area contributed by atoms with Crippen LogP contribution >= 0.6 is 37.3 Å². The fourth-order valence-corrected chi connectivity index (χ4v) is 16.4. The van der Waals surface area contributed by atoms with E-state index in [0.29, 0.717) is 122 Å². The number of nitrogens with zero attached hydrogens (tertiary/aromatic N) is 8. The summed E-state index contributed by atoms with van der Waals surface area (Å²) in [5.41, 5.74) is 3.70. The maximum absolute atomic E-state index is 12.5. The normalized spacial score (nSPS) is 13.5. The van der Waals surface area contributed by atoms with Crippen LogP contribution in [-0.4, -0.2) is 88.9 Å². The van der Waals surface area contributed by atoms with Gasteiger partial charge in [0.1, 0.15) is 0 Å². The van der Waals surface area contributed by atoms with Crippen molar-refractivity contribution < 1.29 is 105 Å². The Kier molecular flexibility index (Phi) is 15.8. The molecule has 4 N–H and O–H groups in total. The summed E-state index contributed by atoms with van der Waals surface area (Å²) in [5, 5.41) is 21.9. The summed E-state index contributed by atoms with van der Waals surface area (Å²) in [4.78, 5) is 34.9. The van der Waals surface area contributed by atoms with Gasteiger partial charge in [0.2, 0.25) is 0 Å². The number of ether oxygens (including phenoxy) is 2. The van der Waals surface area contributed by atoms with E-state index in [4.69, 9.17) is 74.3 Å². The molecule has 0 spiro atoms. The van der Waals surface area contributed by atoms with Crippen molar-refractivity contribution >= 4 is 171 Å². The van der Waals surface area contributed by atoms with Crippen molar-refractivity contribution in [3.8, 4) is 23.3 Å². The summed E-state index contributed by atoms with van der Waals surface area (Å²) in [5.74, 6) is 9.82. The third-order valence-electron chi connectivity index (χ3n) is 14.1. The van der Waals surface area contributed by atoms with E-state index < -0.39 is 33.6 Å². The molecule has 8 aromatic carbocycles. The van der Waals surface area contributed by atoms with Crippen molar-refractivity contribution in [2.24, 2.45) is 30.0 Å². The molecule has 0 saturated heterocycles. The molecule has 24 heteroatoms. The minimum absolute atomic E-state index is 0. The van der Waals surface area contributed by atoms with Crippen LogP contribution in [-0.2, 0) is 19.5 Å². The van der Waals surface area contributed by atoms with Crippen LogP contribution < -0.4 is 79.6 Å².